The summed E-state index contributed by atoms with van der Waals surface area (Å²) in [5.41, 5.74) is -0.257. The van der Waals surface area contributed by atoms with Gasteiger partial charge < -0.3 is 15.2 Å². The van der Waals surface area contributed by atoms with Crippen molar-refractivity contribution in [3.63, 3.8) is 0 Å². The number of fused-ring (bicyclic) bond motifs is 1. The summed E-state index contributed by atoms with van der Waals surface area (Å²) in [7, 11) is 0. The number of aromatic amines is 1. The summed E-state index contributed by atoms with van der Waals surface area (Å²) in [5, 5.41) is 2.69. The molecular weight excluding hydrogens is 431 g/mol. The zero-order valence-corrected chi connectivity index (χ0v) is 18.7. The quantitative estimate of drug-likeness (QED) is 0.525. The standard InChI is InChI=1S/C25H26F3N3O2/c1-4-16-6-5-7-21-22(16)23(32)18(13-29-21)24(33)30-20-11-10-17(12-19(20)25(26,27)28)31-14(2)8-9-15(31)3/h5-7,10-15H,4,8-9H2,1-3H3,(H,29,32)(H,30,33)/t14-,15-/m0/s1. The largest absolute Gasteiger partial charge is 0.418 e. The lowest BCUT2D eigenvalue weighted by molar-refractivity contribution is -0.136. The highest BCUT2D eigenvalue weighted by Gasteiger charge is 2.36. The summed E-state index contributed by atoms with van der Waals surface area (Å²) in [6.07, 6.45) is -1.03. The highest BCUT2D eigenvalue weighted by Crippen LogP contribution is 2.39. The van der Waals surface area contributed by atoms with E-state index >= 15 is 0 Å². The van der Waals surface area contributed by atoms with Crippen LogP contribution in [0.3, 0.4) is 0 Å². The molecule has 1 aliphatic heterocycles. The van der Waals surface area contributed by atoms with E-state index in [1.165, 1.54) is 12.3 Å². The second-order valence-electron chi connectivity index (χ2n) is 8.59. The number of pyridine rings is 1. The molecule has 2 heterocycles. The second-order valence-corrected chi connectivity index (χ2v) is 8.59. The Morgan fingerprint density at radius 3 is 2.48 bits per heavy atom. The van der Waals surface area contributed by atoms with Crippen molar-refractivity contribution in [2.45, 2.75) is 58.3 Å². The molecule has 2 aromatic carbocycles. The van der Waals surface area contributed by atoms with Crippen LogP contribution in [0.15, 0.2) is 47.4 Å². The minimum Gasteiger partial charge on any atom is -0.366 e. The fourth-order valence-corrected chi connectivity index (χ4v) is 4.73. The first-order chi connectivity index (χ1) is 15.6. The van der Waals surface area contributed by atoms with E-state index in [9.17, 15) is 22.8 Å². The van der Waals surface area contributed by atoms with Crippen LogP contribution in [0.4, 0.5) is 24.5 Å². The summed E-state index contributed by atoms with van der Waals surface area (Å²) in [4.78, 5) is 30.8. The molecule has 2 atom stereocenters. The molecule has 1 saturated heterocycles. The van der Waals surface area contributed by atoms with Gasteiger partial charge >= 0.3 is 6.18 Å². The van der Waals surface area contributed by atoms with Crippen LogP contribution in [0.5, 0.6) is 0 Å². The van der Waals surface area contributed by atoms with E-state index in [4.69, 9.17) is 0 Å². The predicted octanol–water partition coefficient (Wildman–Crippen LogP) is 5.74. The van der Waals surface area contributed by atoms with Gasteiger partial charge in [0.2, 0.25) is 5.43 Å². The van der Waals surface area contributed by atoms with Crippen LogP contribution in [-0.4, -0.2) is 23.0 Å². The Balaban J connectivity index is 1.72. The van der Waals surface area contributed by atoms with Crippen molar-refractivity contribution in [3.05, 3.63) is 69.5 Å². The summed E-state index contributed by atoms with van der Waals surface area (Å²) in [5.74, 6) is -0.884. The summed E-state index contributed by atoms with van der Waals surface area (Å²) >= 11 is 0. The number of aromatic nitrogens is 1. The van der Waals surface area contributed by atoms with E-state index < -0.39 is 23.1 Å². The SMILES string of the molecule is CCc1cccc2[nH]cc(C(=O)Nc3ccc(N4[C@@H](C)CC[C@@H]4C)cc3C(F)(F)F)c(=O)c12. The Hall–Kier alpha value is -3.29. The number of H-pyrrole nitrogens is 1. The number of alkyl halides is 3. The van der Waals surface area contributed by atoms with Gasteiger partial charge in [0.1, 0.15) is 5.56 Å². The van der Waals surface area contributed by atoms with E-state index in [2.05, 4.69) is 10.3 Å². The molecule has 5 nitrogen and oxygen atoms in total. The number of hydrogen-bond donors (Lipinski definition) is 2. The van der Waals surface area contributed by atoms with Crippen LogP contribution >= 0.6 is 0 Å². The van der Waals surface area contributed by atoms with Gasteiger partial charge in [-0.15, -0.1) is 0 Å². The van der Waals surface area contributed by atoms with Gasteiger partial charge in [-0.2, -0.15) is 13.2 Å². The molecule has 2 N–H and O–H groups in total. The highest BCUT2D eigenvalue weighted by atomic mass is 19.4. The molecule has 1 fully saturated rings. The number of carbonyl (C=O) groups excluding carboxylic acids is 1. The molecule has 3 aromatic rings. The van der Waals surface area contributed by atoms with Gasteiger partial charge in [0, 0.05) is 34.9 Å². The third-order valence-electron chi connectivity index (χ3n) is 6.43. The number of hydrogen-bond acceptors (Lipinski definition) is 3. The zero-order chi connectivity index (χ0) is 23.9. The topological polar surface area (TPSA) is 65.2 Å². The molecule has 0 bridgehead atoms. The Bertz CT molecular complexity index is 1260. The number of nitrogens with zero attached hydrogens (tertiary/aromatic N) is 1. The van der Waals surface area contributed by atoms with Crippen molar-refractivity contribution in [3.8, 4) is 0 Å². The van der Waals surface area contributed by atoms with Gasteiger partial charge in [0.25, 0.3) is 5.91 Å². The molecule has 1 amide bonds. The van der Waals surface area contributed by atoms with E-state index in [0.29, 0.717) is 23.0 Å². The maximum Gasteiger partial charge on any atom is 0.418 e. The molecule has 0 aliphatic carbocycles. The molecule has 1 aliphatic rings. The Kier molecular flexibility index (Phi) is 5.95. The van der Waals surface area contributed by atoms with Crippen molar-refractivity contribution in [2.75, 3.05) is 10.2 Å². The number of carbonyl (C=O) groups is 1. The van der Waals surface area contributed by atoms with Crippen LogP contribution in [0.25, 0.3) is 10.9 Å². The molecule has 0 unspecified atom stereocenters. The third kappa shape index (κ3) is 4.21. The maximum atomic E-state index is 13.9. The molecule has 1 aromatic heterocycles. The van der Waals surface area contributed by atoms with Crippen molar-refractivity contribution in [2.24, 2.45) is 0 Å². The first-order valence-corrected chi connectivity index (χ1v) is 11.1. The monoisotopic (exact) mass is 457 g/mol. The Morgan fingerprint density at radius 1 is 1.15 bits per heavy atom. The van der Waals surface area contributed by atoms with Crippen molar-refractivity contribution >= 4 is 28.2 Å². The molecule has 0 radical (unpaired) electrons. The summed E-state index contributed by atoms with van der Waals surface area (Å²) < 4.78 is 41.7. The maximum absolute atomic E-state index is 13.9. The number of anilines is 2. The van der Waals surface area contributed by atoms with Crippen LogP contribution in [0, 0.1) is 0 Å². The first-order valence-electron chi connectivity index (χ1n) is 11.1. The van der Waals surface area contributed by atoms with Crippen molar-refractivity contribution in [1.29, 1.82) is 0 Å². The van der Waals surface area contributed by atoms with Gasteiger partial charge in [-0.3, -0.25) is 9.59 Å². The molecule has 4 rings (SSSR count). The van der Waals surface area contributed by atoms with E-state index in [1.54, 1.807) is 24.3 Å². The van der Waals surface area contributed by atoms with E-state index in [0.717, 1.165) is 24.5 Å². The summed E-state index contributed by atoms with van der Waals surface area (Å²) in [6, 6.07) is 9.50. The van der Waals surface area contributed by atoms with Gasteiger partial charge in [0.05, 0.1) is 11.3 Å². The molecule has 33 heavy (non-hydrogen) atoms. The number of aryl methyl sites for hydroxylation is 1. The molecular formula is C25H26F3N3O2. The Labute approximate surface area is 189 Å². The Morgan fingerprint density at radius 2 is 1.85 bits per heavy atom. The lowest BCUT2D eigenvalue weighted by Gasteiger charge is -2.30. The second kappa shape index (κ2) is 8.57. The molecule has 0 spiro atoms. The average Bonchev–Trinajstić information content (AvgIpc) is 3.11. The molecule has 0 saturated carbocycles. The fraction of sp³-hybridized carbons (Fsp3) is 0.360. The van der Waals surface area contributed by atoms with Gasteiger partial charge in [-0.1, -0.05) is 19.1 Å². The molecule has 8 heteroatoms. The fourth-order valence-electron chi connectivity index (χ4n) is 4.73. The number of halogens is 3. The van der Waals surface area contributed by atoms with Crippen LogP contribution in [0.2, 0.25) is 0 Å². The van der Waals surface area contributed by atoms with Crippen LogP contribution < -0.4 is 15.6 Å². The smallest absolute Gasteiger partial charge is 0.366 e. The zero-order valence-electron chi connectivity index (χ0n) is 18.7. The van der Waals surface area contributed by atoms with Gasteiger partial charge in [-0.05, 0) is 62.9 Å². The van der Waals surface area contributed by atoms with Crippen LogP contribution in [0.1, 0.15) is 55.1 Å². The van der Waals surface area contributed by atoms with E-state index in [1.807, 2.05) is 25.7 Å². The van der Waals surface area contributed by atoms with Crippen molar-refractivity contribution < 1.29 is 18.0 Å². The summed E-state index contributed by atoms with van der Waals surface area (Å²) in [6.45, 7) is 5.87. The lowest BCUT2D eigenvalue weighted by Crippen LogP contribution is -2.32. The number of amides is 1. The van der Waals surface area contributed by atoms with Gasteiger partial charge in [0.15, 0.2) is 0 Å². The minimum absolute atomic E-state index is 0.130. The predicted molar refractivity (Wildman–Crippen MR) is 124 cm³/mol. The normalized spacial score (nSPS) is 18.7. The first kappa shape index (κ1) is 22.9. The number of rotatable bonds is 4. The average molecular weight is 457 g/mol. The molecule has 174 valence electrons. The van der Waals surface area contributed by atoms with Gasteiger partial charge in [-0.25, -0.2) is 0 Å². The van der Waals surface area contributed by atoms with Crippen molar-refractivity contribution in [1.82, 2.24) is 4.98 Å². The minimum atomic E-state index is -4.67. The lowest BCUT2D eigenvalue weighted by atomic mass is 10.0. The third-order valence-corrected chi connectivity index (χ3v) is 6.43. The van der Waals surface area contributed by atoms with Crippen LogP contribution in [-0.2, 0) is 12.6 Å². The number of nitrogens with one attached hydrogen (secondary N) is 2. The highest BCUT2D eigenvalue weighted by molar-refractivity contribution is 6.06. The number of benzene rings is 2. The van der Waals surface area contributed by atoms with E-state index in [-0.39, 0.29) is 23.3 Å².